The summed E-state index contributed by atoms with van der Waals surface area (Å²) >= 11 is 0. The highest BCUT2D eigenvalue weighted by molar-refractivity contribution is 5.40. The second-order valence-electron chi connectivity index (χ2n) is 5.98. The van der Waals surface area contributed by atoms with Crippen molar-refractivity contribution in [2.24, 2.45) is 5.73 Å². The molecular weight excluding hydrogens is 249 g/mol. The van der Waals surface area contributed by atoms with Crippen molar-refractivity contribution < 1.29 is 4.39 Å². The quantitative estimate of drug-likeness (QED) is 0.891. The van der Waals surface area contributed by atoms with Gasteiger partial charge in [0, 0.05) is 5.54 Å². The summed E-state index contributed by atoms with van der Waals surface area (Å²) < 4.78 is 13.0. The van der Waals surface area contributed by atoms with E-state index in [0.717, 1.165) is 12.0 Å². The van der Waals surface area contributed by atoms with Crippen molar-refractivity contribution in [3.8, 4) is 0 Å². The molecule has 0 aromatic heterocycles. The zero-order chi connectivity index (χ0) is 14.9. The minimum atomic E-state index is -0.502. The Labute approximate surface area is 120 Å². The summed E-state index contributed by atoms with van der Waals surface area (Å²) in [6.07, 6.45) is 0.747. The molecule has 0 amide bonds. The Hall–Kier alpha value is -1.67. The van der Waals surface area contributed by atoms with Crippen LogP contribution in [0.15, 0.2) is 36.4 Å². The van der Waals surface area contributed by atoms with E-state index >= 15 is 0 Å². The minimum absolute atomic E-state index is 0.229. The lowest BCUT2D eigenvalue weighted by atomic mass is 9.83. The Morgan fingerprint density at radius 3 is 2.00 bits per heavy atom. The van der Waals surface area contributed by atoms with Crippen LogP contribution in [0.4, 0.5) is 4.39 Å². The molecule has 1 nitrogen and oxygen atoms in total. The number of halogens is 1. The molecule has 0 aliphatic rings. The van der Waals surface area contributed by atoms with E-state index in [0.29, 0.717) is 0 Å². The highest BCUT2D eigenvalue weighted by atomic mass is 19.1. The lowest BCUT2D eigenvalue weighted by Gasteiger charge is -2.27. The van der Waals surface area contributed by atoms with E-state index in [1.807, 2.05) is 6.92 Å². The lowest BCUT2D eigenvalue weighted by Crippen LogP contribution is -2.36. The Balaban J connectivity index is 2.35. The first-order valence-corrected chi connectivity index (χ1v) is 6.91. The van der Waals surface area contributed by atoms with Crippen molar-refractivity contribution in [2.75, 3.05) is 0 Å². The molecule has 0 aliphatic heterocycles. The summed E-state index contributed by atoms with van der Waals surface area (Å²) in [6.45, 7) is 8.34. The zero-order valence-electron chi connectivity index (χ0n) is 12.6. The summed E-state index contributed by atoms with van der Waals surface area (Å²) in [5, 5.41) is 0. The third-order valence-corrected chi connectivity index (χ3v) is 3.89. The van der Waals surface area contributed by atoms with Gasteiger partial charge in [0.1, 0.15) is 5.82 Å². The molecule has 0 bridgehead atoms. The van der Waals surface area contributed by atoms with Gasteiger partial charge in [0.25, 0.3) is 0 Å². The number of benzene rings is 2. The van der Waals surface area contributed by atoms with Gasteiger partial charge in [0.2, 0.25) is 0 Å². The molecule has 1 unspecified atom stereocenters. The Bertz CT molecular complexity index is 589. The predicted octanol–water partition coefficient (Wildman–Crippen LogP) is 4.17. The molecule has 0 fully saturated rings. The largest absolute Gasteiger partial charge is 0.321 e. The maximum absolute atomic E-state index is 13.0. The minimum Gasteiger partial charge on any atom is -0.321 e. The van der Waals surface area contributed by atoms with E-state index in [1.165, 1.54) is 34.4 Å². The third-order valence-electron chi connectivity index (χ3n) is 3.89. The highest BCUT2D eigenvalue weighted by Gasteiger charge is 2.23. The number of hydrogen-bond acceptors (Lipinski definition) is 1. The summed E-state index contributed by atoms with van der Waals surface area (Å²) in [6, 6.07) is 10.8. The monoisotopic (exact) mass is 271 g/mol. The van der Waals surface area contributed by atoms with Crippen LogP contribution in [0.5, 0.6) is 0 Å². The molecule has 0 aliphatic carbocycles. The summed E-state index contributed by atoms with van der Waals surface area (Å²) in [5.74, 6) is -0.229. The molecule has 2 aromatic rings. The van der Waals surface area contributed by atoms with E-state index in [4.69, 9.17) is 5.73 Å². The number of nitrogens with two attached hydrogens (primary N) is 1. The average molecular weight is 271 g/mol. The van der Waals surface area contributed by atoms with Crippen LogP contribution in [0.1, 0.15) is 34.7 Å². The highest BCUT2D eigenvalue weighted by Crippen LogP contribution is 2.27. The van der Waals surface area contributed by atoms with Crippen LogP contribution < -0.4 is 5.73 Å². The van der Waals surface area contributed by atoms with E-state index in [9.17, 15) is 4.39 Å². The molecule has 0 saturated carbocycles. The van der Waals surface area contributed by atoms with Crippen molar-refractivity contribution in [2.45, 2.75) is 39.7 Å². The molecule has 2 heteroatoms. The van der Waals surface area contributed by atoms with E-state index in [2.05, 4.69) is 32.9 Å². The van der Waals surface area contributed by atoms with Crippen LogP contribution >= 0.6 is 0 Å². The normalized spacial score (nSPS) is 14.1. The van der Waals surface area contributed by atoms with Gasteiger partial charge in [0.05, 0.1) is 0 Å². The fourth-order valence-electron chi connectivity index (χ4n) is 2.79. The van der Waals surface area contributed by atoms with Gasteiger partial charge in [-0.2, -0.15) is 0 Å². The SMILES string of the molecule is Cc1cc(C)c(CC(C)(N)c2ccc(F)cc2)c(C)c1. The second kappa shape index (κ2) is 5.37. The Morgan fingerprint density at radius 2 is 1.50 bits per heavy atom. The molecule has 2 N–H and O–H groups in total. The maximum Gasteiger partial charge on any atom is 0.123 e. The van der Waals surface area contributed by atoms with Gasteiger partial charge in [-0.05, 0) is 68.5 Å². The molecule has 106 valence electrons. The zero-order valence-corrected chi connectivity index (χ0v) is 12.6. The van der Waals surface area contributed by atoms with Crippen LogP contribution in [0, 0.1) is 26.6 Å². The van der Waals surface area contributed by atoms with Gasteiger partial charge >= 0.3 is 0 Å². The van der Waals surface area contributed by atoms with Crippen molar-refractivity contribution >= 4 is 0 Å². The van der Waals surface area contributed by atoms with E-state index < -0.39 is 5.54 Å². The molecule has 2 aromatic carbocycles. The van der Waals surface area contributed by atoms with E-state index in [-0.39, 0.29) is 5.82 Å². The van der Waals surface area contributed by atoms with Gasteiger partial charge in [-0.3, -0.25) is 0 Å². The molecule has 2 rings (SSSR count). The molecule has 20 heavy (non-hydrogen) atoms. The van der Waals surface area contributed by atoms with Gasteiger partial charge in [-0.1, -0.05) is 29.8 Å². The van der Waals surface area contributed by atoms with Crippen molar-refractivity contribution in [1.29, 1.82) is 0 Å². The Kier molecular flexibility index (Phi) is 3.96. The van der Waals surface area contributed by atoms with Gasteiger partial charge in [-0.25, -0.2) is 4.39 Å². The topological polar surface area (TPSA) is 26.0 Å². The molecule has 0 heterocycles. The van der Waals surface area contributed by atoms with Crippen LogP contribution in [-0.4, -0.2) is 0 Å². The van der Waals surface area contributed by atoms with Crippen LogP contribution in [-0.2, 0) is 12.0 Å². The summed E-state index contributed by atoms with van der Waals surface area (Å²) in [5.41, 5.74) is 12.0. The third kappa shape index (κ3) is 3.07. The first-order valence-electron chi connectivity index (χ1n) is 6.91. The standard InChI is InChI=1S/C18H22FN/c1-12-9-13(2)17(14(3)10-12)11-18(4,20)15-5-7-16(19)8-6-15/h5-10H,11,20H2,1-4H3. The number of hydrogen-bond donors (Lipinski definition) is 1. The van der Waals surface area contributed by atoms with Crippen LogP contribution in [0.2, 0.25) is 0 Å². The second-order valence-corrected chi connectivity index (χ2v) is 5.98. The van der Waals surface area contributed by atoms with Crippen molar-refractivity contribution in [3.63, 3.8) is 0 Å². The fourth-order valence-corrected chi connectivity index (χ4v) is 2.79. The van der Waals surface area contributed by atoms with Crippen LogP contribution in [0.25, 0.3) is 0 Å². The van der Waals surface area contributed by atoms with Crippen LogP contribution in [0.3, 0.4) is 0 Å². The van der Waals surface area contributed by atoms with Gasteiger partial charge < -0.3 is 5.73 Å². The number of aryl methyl sites for hydroxylation is 3. The van der Waals surface area contributed by atoms with E-state index in [1.54, 1.807) is 12.1 Å². The fraction of sp³-hybridized carbons (Fsp3) is 0.333. The van der Waals surface area contributed by atoms with Crippen molar-refractivity contribution in [1.82, 2.24) is 0 Å². The lowest BCUT2D eigenvalue weighted by molar-refractivity contribution is 0.487. The first kappa shape index (κ1) is 14.7. The predicted molar refractivity (Wildman–Crippen MR) is 82.3 cm³/mol. The van der Waals surface area contributed by atoms with Gasteiger partial charge in [0.15, 0.2) is 0 Å². The molecule has 1 atom stereocenters. The molecule has 0 saturated heterocycles. The molecule has 0 spiro atoms. The first-order chi connectivity index (χ1) is 9.29. The molecule has 0 radical (unpaired) electrons. The Morgan fingerprint density at radius 1 is 1.00 bits per heavy atom. The molecular formula is C18H22FN. The van der Waals surface area contributed by atoms with Crippen molar-refractivity contribution in [3.05, 3.63) is 70.0 Å². The van der Waals surface area contributed by atoms with Gasteiger partial charge in [-0.15, -0.1) is 0 Å². The summed E-state index contributed by atoms with van der Waals surface area (Å²) in [4.78, 5) is 0. The average Bonchev–Trinajstić information content (AvgIpc) is 2.34. The smallest absolute Gasteiger partial charge is 0.123 e. The number of rotatable bonds is 3. The summed E-state index contributed by atoms with van der Waals surface area (Å²) in [7, 11) is 0. The maximum atomic E-state index is 13.0.